The van der Waals surface area contributed by atoms with Crippen molar-refractivity contribution in [1.29, 1.82) is 0 Å². The van der Waals surface area contributed by atoms with Crippen molar-refractivity contribution in [3.05, 3.63) is 35.5 Å². The molecule has 0 spiro atoms. The van der Waals surface area contributed by atoms with E-state index in [0.717, 1.165) is 17.6 Å². The number of hydrogen-bond donors (Lipinski definition) is 2. The van der Waals surface area contributed by atoms with Crippen LogP contribution in [-0.2, 0) is 0 Å². The summed E-state index contributed by atoms with van der Waals surface area (Å²) in [5.41, 5.74) is 2.05. The Morgan fingerprint density at radius 1 is 1.33 bits per heavy atom. The third-order valence-corrected chi connectivity index (χ3v) is 2.41. The third-order valence-electron chi connectivity index (χ3n) is 2.41. The van der Waals surface area contributed by atoms with Crippen LogP contribution in [0.5, 0.6) is 0 Å². The lowest BCUT2D eigenvalue weighted by Gasteiger charge is -2.27. The minimum absolute atomic E-state index is 0.571. The zero-order chi connectivity index (χ0) is 8.55. The highest BCUT2D eigenvalue weighted by Crippen LogP contribution is 2.29. The molecule has 0 saturated heterocycles. The van der Waals surface area contributed by atoms with Gasteiger partial charge in [-0.05, 0) is 24.0 Å². The SMILES string of the molecule is OC1CC=C2CC=CC=C2C1O. The Morgan fingerprint density at radius 2 is 2.17 bits per heavy atom. The fraction of sp³-hybridized carbons (Fsp3) is 0.400. The highest BCUT2D eigenvalue weighted by atomic mass is 16.3. The van der Waals surface area contributed by atoms with Gasteiger partial charge in [0, 0.05) is 0 Å². The molecule has 0 aromatic heterocycles. The Bertz CT molecular complexity index is 274. The normalized spacial score (nSPS) is 33.8. The van der Waals surface area contributed by atoms with E-state index in [2.05, 4.69) is 6.08 Å². The summed E-state index contributed by atoms with van der Waals surface area (Å²) in [7, 11) is 0. The predicted octanol–water partition coefficient (Wildman–Crippen LogP) is 0.925. The van der Waals surface area contributed by atoms with Crippen molar-refractivity contribution in [2.45, 2.75) is 25.0 Å². The Kier molecular flexibility index (Phi) is 1.87. The lowest BCUT2D eigenvalue weighted by atomic mass is 9.85. The van der Waals surface area contributed by atoms with Crippen LogP contribution in [0.25, 0.3) is 0 Å². The Morgan fingerprint density at radius 3 is 3.00 bits per heavy atom. The minimum Gasteiger partial charge on any atom is -0.390 e. The first-order chi connectivity index (χ1) is 5.79. The molecule has 2 aliphatic carbocycles. The van der Waals surface area contributed by atoms with Gasteiger partial charge in [0.1, 0.15) is 6.10 Å². The first kappa shape index (κ1) is 7.77. The van der Waals surface area contributed by atoms with Crippen LogP contribution in [0.15, 0.2) is 35.5 Å². The zero-order valence-corrected chi connectivity index (χ0v) is 6.77. The van der Waals surface area contributed by atoms with E-state index < -0.39 is 12.2 Å². The second-order valence-electron chi connectivity index (χ2n) is 3.23. The highest BCUT2D eigenvalue weighted by molar-refractivity contribution is 5.44. The van der Waals surface area contributed by atoms with Crippen molar-refractivity contribution in [3.8, 4) is 0 Å². The van der Waals surface area contributed by atoms with Gasteiger partial charge >= 0.3 is 0 Å². The molecule has 0 heterocycles. The topological polar surface area (TPSA) is 40.5 Å². The van der Waals surface area contributed by atoms with E-state index in [-0.39, 0.29) is 0 Å². The molecule has 2 nitrogen and oxygen atoms in total. The molecule has 0 amide bonds. The first-order valence-corrected chi connectivity index (χ1v) is 4.21. The summed E-state index contributed by atoms with van der Waals surface area (Å²) in [6, 6.07) is 0. The second-order valence-corrected chi connectivity index (χ2v) is 3.23. The summed E-state index contributed by atoms with van der Waals surface area (Å²) in [6.07, 6.45) is 8.02. The van der Waals surface area contributed by atoms with Gasteiger partial charge in [0.05, 0.1) is 6.10 Å². The van der Waals surface area contributed by atoms with Gasteiger partial charge in [0.15, 0.2) is 0 Å². The summed E-state index contributed by atoms with van der Waals surface area (Å²) in [4.78, 5) is 0. The number of aliphatic hydroxyl groups excluding tert-OH is 2. The molecule has 0 fully saturated rings. The van der Waals surface area contributed by atoms with Crippen molar-refractivity contribution >= 4 is 0 Å². The van der Waals surface area contributed by atoms with Crippen LogP contribution < -0.4 is 0 Å². The minimum atomic E-state index is -0.685. The van der Waals surface area contributed by atoms with Gasteiger partial charge in [0.25, 0.3) is 0 Å². The number of allylic oxidation sites excluding steroid dienone is 3. The number of aliphatic hydroxyl groups is 2. The molecule has 2 rings (SSSR count). The van der Waals surface area contributed by atoms with Gasteiger partial charge in [0.2, 0.25) is 0 Å². The summed E-state index contributed by atoms with van der Waals surface area (Å²) < 4.78 is 0. The van der Waals surface area contributed by atoms with Crippen molar-refractivity contribution < 1.29 is 10.2 Å². The molecule has 2 unspecified atom stereocenters. The van der Waals surface area contributed by atoms with E-state index in [1.165, 1.54) is 0 Å². The van der Waals surface area contributed by atoms with Crippen LogP contribution in [0.4, 0.5) is 0 Å². The van der Waals surface area contributed by atoms with Crippen molar-refractivity contribution in [1.82, 2.24) is 0 Å². The van der Waals surface area contributed by atoms with E-state index in [4.69, 9.17) is 0 Å². The van der Waals surface area contributed by atoms with Gasteiger partial charge in [-0.3, -0.25) is 0 Å². The summed E-state index contributed by atoms with van der Waals surface area (Å²) in [5.74, 6) is 0. The predicted molar refractivity (Wildman–Crippen MR) is 46.6 cm³/mol. The van der Waals surface area contributed by atoms with Crippen LogP contribution in [-0.4, -0.2) is 22.4 Å². The van der Waals surface area contributed by atoms with Crippen LogP contribution in [0, 0.1) is 0 Å². The van der Waals surface area contributed by atoms with Crippen molar-refractivity contribution in [2.24, 2.45) is 0 Å². The van der Waals surface area contributed by atoms with Crippen LogP contribution in [0.1, 0.15) is 12.8 Å². The molecule has 0 radical (unpaired) electrons. The largest absolute Gasteiger partial charge is 0.390 e. The summed E-state index contributed by atoms with van der Waals surface area (Å²) in [5, 5.41) is 18.9. The summed E-state index contributed by atoms with van der Waals surface area (Å²) >= 11 is 0. The second kappa shape index (κ2) is 2.88. The molecule has 12 heavy (non-hydrogen) atoms. The first-order valence-electron chi connectivity index (χ1n) is 4.21. The van der Waals surface area contributed by atoms with E-state index >= 15 is 0 Å². The third kappa shape index (κ3) is 1.13. The molecule has 64 valence electrons. The Balaban J connectivity index is 2.35. The Hall–Kier alpha value is -0.860. The Labute approximate surface area is 71.5 Å². The van der Waals surface area contributed by atoms with Gasteiger partial charge in [-0.25, -0.2) is 0 Å². The number of rotatable bonds is 0. The van der Waals surface area contributed by atoms with Gasteiger partial charge in [-0.2, -0.15) is 0 Å². The molecule has 2 heteroatoms. The lowest BCUT2D eigenvalue weighted by Crippen LogP contribution is -2.31. The average Bonchev–Trinajstić information content (AvgIpc) is 2.12. The molecular formula is C10H12O2. The lowest BCUT2D eigenvalue weighted by molar-refractivity contribution is 0.0411. The van der Waals surface area contributed by atoms with Crippen molar-refractivity contribution in [3.63, 3.8) is 0 Å². The fourth-order valence-electron chi connectivity index (χ4n) is 1.68. The molecule has 0 aliphatic heterocycles. The molecule has 2 N–H and O–H groups in total. The number of hydrogen-bond acceptors (Lipinski definition) is 2. The smallest absolute Gasteiger partial charge is 0.105 e. The van der Waals surface area contributed by atoms with Gasteiger partial charge in [-0.15, -0.1) is 0 Å². The molecular weight excluding hydrogens is 152 g/mol. The van der Waals surface area contributed by atoms with Crippen LogP contribution in [0.3, 0.4) is 0 Å². The maximum absolute atomic E-state index is 9.58. The van der Waals surface area contributed by atoms with Crippen LogP contribution in [0.2, 0.25) is 0 Å². The quantitative estimate of drug-likeness (QED) is 0.559. The highest BCUT2D eigenvalue weighted by Gasteiger charge is 2.26. The molecule has 2 aliphatic rings. The maximum Gasteiger partial charge on any atom is 0.105 e. The maximum atomic E-state index is 9.58. The molecule has 0 aromatic rings. The molecule has 0 bridgehead atoms. The molecule has 0 saturated carbocycles. The monoisotopic (exact) mass is 164 g/mol. The fourth-order valence-corrected chi connectivity index (χ4v) is 1.68. The van der Waals surface area contributed by atoms with Crippen molar-refractivity contribution in [2.75, 3.05) is 0 Å². The van der Waals surface area contributed by atoms with Gasteiger partial charge < -0.3 is 10.2 Å². The van der Waals surface area contributed by atoms with E-state index in [1.807, 2.05) is 18.2 Å². The van der Waals surface area contributed by atoms with E-state index in [9.17, 15) is 10.2 Å². The standard InChI is InChI=1S/C10H12O2/c11-9-6-5-7-3-1-2-4-8(7)10(9)12/h1-2,4-5,9-12H,3,6H2. The van der Waals surface area contributed by atoms with E-state index in [1.54, 1.807) is 0 Å². The van der Waals surface area contributed by atoms with Gasteiger partial charge in [-0.1, -0.05) is 24.3 Å². The molecule has 2 atom stereocenters. The molecule has 0 aromatic carbocycles. The van der Waals surface area contributed by atoms with E-state index in [0.29, 0.717) is 6.42 Å². The zero-order valence-electron chi connectivity index (χ0n) is 6.77. The van der Waals surface area contributed by atoms with Crippen LogP contribution >= 0.6 is 0 Å². The average molecular weight is 164 g/mol. The number of fused-ring (bicyclic) bond motifs is 1. The summed E-state index contributed by atoms with van der Waals surface area (Å²) in [6.45, 7) is 0.